The van der Waals surface area contributed by atoms with E-state index in [-0.39, 0.29) is 23.0 Å². The normalized spacial score (nSPS) is 58.5. The molecule has 9 rings (SSSR count). The Morgan fingerprint density at radius 1 is 0.607 bits per heavy atom. The number of aliphatic hydroxyl groups is 9. The minimum Gasteiger partial charge on any atom is -0.394 e. The standard InChI is InChI=1S/C44H72O17/c1-19-7-12-44(55-17-19)20(2)30-26(61-44)14-25-23-6-5-21-13-22(8-10-42(21,3)24(23)9-11-43(25,30)4)56-41-38(35(51)32(48)28(16-46)58-41)60-39-36(52)33(49)29(18-54-39)59-40-37(53)34(50)31(47)27(15-45)57-40/h19-41,45-53H,5-18H2,1-4H3. The van der Waals surface area contributed by atoms with Gasteiger partial charge in [0.2, 0.25) is 0 Å². The van der Waals surface area contributed by atoms with Crippen LogP contribution in [0.1, 0.15) is 91.9 Å². The summed E-state index contributed by atoms with van der Waals surface area (Å²) in [7, 11) is 0. The first-order chi connectivity index (χ1) is 29.0. The molecule has 9 N–H and O–H groups in total. The first kappa shape index (κ1) is 45.5. The lowest BCUT2D eigenvalue weighted by atomic mass is 9.44. The second kappa shape index (κ2) is 17.2. The van der Waals surface area contributed by atoms with E-state index in [4.69, 9.17) is 37.9 Å². The van der Waals surface area contributed by atoms with E-state index in [9.17, 15) is 46.0 Å². The van der Waals surface area contributed by atoms with Gasteiger partial charge in [-0.25, -0.2) is 0 Å². The molecule has 26 unspecified atom stereocenters. The van der Waals surface area contributed by atoms with E-state index >= 15 is 0 Å². The monoisotopic (exact) mass is 872 g/mol. The fraction of sp³-hybridized carbons (Fsp3) is 1.00. The second-order valence-corrected chi connectivity index (χ2v) is 21.1. The fourth-order valence-corrected chi connectivity index (χ4v) is 14.4. The van der Waals surface area contributed by atoms with Gasteiger partial charge in [-0.05, 0) is 104 Å². The lowest BCUT2D eigenvalue weighted by molar-refractivity contribution is -0.375. The van der Waals surface area contributed by atoms with Crippen molar-refractivity contribution in [3.05, 3.63) is 0 Å². The Balaban J connectivity index is 0.834. The van der Waals surface area contributed by atoms with Gasteiger partial charge in [0.1, 0.15) is 67.1 Å². The molecule has 0 aromatic heterocycles. The molecular formula is C44H72O17. The minimum atomic E-state index is -1.77. The highest BCUT2D eigenvalue weighted by Gasteiger charge is 2.69. The van der Waals surface area contributed by atoms with E-state index in [0.29, 0.717) is 41.4 Å². The van der Waals surface area contributed by atoms with E-state index in [2.05, 4.69) is 27.7 Å². The van der Waals surface area contributed by atoms with Gasteiger partial charge in [-0.2, -0.15) is 0 Å². The lowest BCUT2D eigenvalue weighted by Gasteiger charge is -2.61. The maximum Gasteiger partial charge on any atom is 0.187 e. The van der Waals surface area contributed by atoms with E-state index in [1.807, 2.05) is 0 Å². The van der Waals surface area contributed by atoms with Crippen LogP contribution in [0.5, 0.6) is 0 Å². The molecule has 9 fully saturated rings. The van der Waals surface area contributed by atoms with Crippen LogP contribution in [0.25, 0.3) is 0 Å². The molecule has 350 valence electrons. The maximum absolute atomic E-state index is 11.3. The van der Waals surface area contributed by atoms with Crippen molar-refractivity contribution < 1.29 is 83.9 Å². The summed E-state index contributed by atoms with van der Waals surface area (Å²) in [6.45, 7) is 8.81. The first-order valence-electron chi connectivity index (χ1n) is 23.2. The number of aliphatic hydroxyl groups excluding tert-OH is 9. The van der Waals surface area contributed by atoms with Crippen molar-refractivity contribution in [1.82, 2.24) is 0 Å². The maximum atomic E-state index is 11.3. The molecular weight excluding hydrogens is 800 g/mol. The summed E-state index contributed by atoms with van der Waals surface area (Å²) in [5.41, 5.74) is 0.367. The van der Waals surface area contributed by atoms with Gasteiger partial charge >= 0.3 is 0 Å². The van der Waals surface area contributed by atoms with Gasteiger partial charge in [0.05, 0.1) is 38.6 Å². The summed E-state index contributed by atoms with van der Waals surface area (Å²) in [4.78, 5) is 0. The van der Waals surface area contributed by atoms with Crippen LogP contribution in [0.3, 0.4) is 0 Å². The molecule has 5 aliphatic heterocycles. The van der Waals surface area contributed by atoms with Gasteiger partial charge in [-0.1, -0.05) is 27.7 Å². The summed E-state index contributed by atoms with van der Waals surface area (Å²) in [6, 6.07) is 0. The summed E-state index contributed by atoms with van der Waals surface area (Å²) in [5.74, 6) is 3.32. The molecule has 0 bridgehead atoms. The van der Waals surface area contributed by atoms with Crippen molar-refractivity contribution in [1.29, 1.82) is 0 Å². The number of ether oxygens (including phenoxy) is 8. The Morgan fingerprint density at radius 3 is 2.00 bits per heavy atom. The van der Waals surface area contributed by atoms with Gasteiger partial charge in [0.25, 0.3) is 0 Å². The van der Waals surface area contributed by atoms with Crippen LogP contribution in [0.2, 0.25) is 0 Å². The van der Waals surface area contributed by atoms with E-state index in [1.165, 1.54) is 12.8 Å². The van der Waals surface area contributed by atoms with Crippen LogP contribution < -0.4 is 0 Å². The molecule has 4 saturated carbocycles. The number of fused-ring (bicyclic) bond motifs is 7. The van der Waals surface area contributed by atoms with Crippen LogP contribution in [-0.4, -0.2) is 176 Å². The largest absolute Gasteiger partial charge is 0.394 e. The average molecular weight is 873 g/mol. The van der Waals surface area contributed by atoms with Crippen LogP contribution in [-0.2, 0) is 37.9 Å². The molecule has 0 amide bonds. The van der Waals surface area contributed by atoms with Gasteiger partial charge in [-0.15, -0.1) is 0 Å². The Kier molecular flexibility index (Phi) is 12.8. The highest BCUT2D eigenvalue weighted by molar-refractivity contribution is 5.15. The molecule has 5 saturated heterocycles. The van der Waals surface area contributed by atoms with E-state index < -0.39 is 112 Å². The molecule has 0 aromatic rings. The van der Waals surface area contributed by atoms with Gasteiger partial charge in [0, 0.05) is 12.3 Å². The molecule has 17 nitrogen and oxygen atoms in total. The summed E-state index contributed by atoms with van der Waals surface area (Å²) in [6.07, 6.45) is -10.8. The zero-order chi connectivity index (χ0) is 43.3. The minimum absolute atomic E-state index is 0.134. The molecule has 4 aliphatic carbocycles. The van der Waals surface area contributed by atoms with Gasteiger partial charge < -0.3 is 83.9 Å². The van der Waals surface area contributed by atoms with Crippen molar-refractivity contribution in [2.45, 2.75) is 196 Å². The highest BCUT2D eigenvalue weighted by Crippen LogP contribution is 2.71. The van der Waals surface area contributed by atoms with E-state index in [1.54, 1.807) is 0 Å². The lowest BCUT2D eigenvalue weighted by Crippen LogP contribution is -2.65. The fourth-order valence-electron chi connectivity index (χ4n) is 14.4. The Hall–Kier alpha value is -0.680. The van der Waals surface area contributed by atoms with Crippen molar-refractivity contribution in [2.75, 3.05) is 26.4 Å². The quantitative estimate of drug-likeness (QED) is 0.145. The molecule has 1 spiro atoms. The topological polar surface area (TPSA) is 256 Å². The molecule has 9 aliphatic rings. The summed E-state index contributed by atoms with van der Waals surface area (Å²) < 4.78 is 49.0. The molecule has 17 heteroatoms. The van der Waals surface area contributed by atoms with Crippen LogP contribution >= 0.6 is 0 Å². The second-order valence-electron chi connectivity index (χ2n) is 21.1. The molecule has 26 atom stereocenters. The molecule has 61 heavy (non-hydrogen) atoms. The Morgan fingerprint density at radius 2 is 1.30 bits per heavy atom. The number of rotatable bonds is 8. The predicted octanol–water partition coefficient (Wildman–Crippen LogP) is -0.0945. The SMILES string of the molecule is CC1CCC2(OC1)OC1CC3C4CCC5CC(OC6OC(CO)C(O)C(O)C6OC6OCC(OC7OC(CO)C(O)C(O)C7O)C(O)C6O)CCC5(C)C4CCC3(C)C1C2C. The predicted molar refractivity (Wildman–Crippen MR) is 210 cm³/mol. The molecule has 0 aromatic carbocycles. The van der Waals surface area contributed by atoms with Crippen LogP contribution in [0.15, 0.2) is 0 Å². The van der Waals surface area contributed by atoms with E-state index in [0.717, 1.165) is 58.0 Å². The number of hydrogen-bond donors (Lipinski definition) is 9. The Labute approximate surface area is 357 Å². The van der Waals surface area contributed by atoms with Crippen LogP contribution in [0.4, 0.5) is 0 Å². The van der Waals surface area contributed by atoms with Crippen LogP contribution in [0, 0.1) is 52.3 Å². The summed E-state index contributed by atoms with van der Waals surface area (Å²) in [5, 5.41) is 94.7. The third-order valence-electron chi connectivity index (χ3n) is 17.9. The van der Waals surface area contributed by atoms with Crippen molar-refractivity contribution in [3.8, 4) is 0 Å². The molecule has 5 heterocycles. The number of hydrogen-bond acceptors (Lipinski definition) is 17. The zero-order valence-electron chi connectivity index (χ0n) is 36.0. The molecule has 0 radical (unpaired) electrons. The van der Waals surface area contributed by atoms with Gasteiger partial charge in [-0.3, -0.25) is 0 Å². The third kappa shape index (κ3) is 7.58. The van der Waals surface area contributed by atoms with Gasteiger partial charge in [0.15, 0.2) is 24.7 Å². The van der Waals surface area contributed by atoms with Crippen molar-refractivity contribution >= 4 is 0 Å². The van der Waals surface area contributed by atoms with Crippen molar-refractivity contribution in [3.63, 3.8) is 0 Å². The van der Waals surface area contributed by atoms with Crippen molar-refractivity contribution in [2.24, 2.45) is 52.3 Å². The zero-order valence-corrected chi connectivity index (χ0v) is 36.0. The smallest absolute Gasteiger partial charge is 0.187 e. The Bertz CT molecular complexity index is 1520. The first-order valence-corrected chi connectivity index (χ1v) is 23.2. The summed E-state index contributed by atoms with van der Waals surface area (Å²) >= 11 is 0. The third-order valence-corrected chi connectivity index (χ3v) is 17.9. The highest BCUT2D eigenvalue weighted by atomic mass is 16.8. The average Bonchev–Trinajstić information content (AvgIpc) is 3.69.